The molecule has 0 radical (unpaired) electrons. The number of benzene rings is 2. The number of hydrogen-bond donors (Lipinski definition) is 3. The molecule has 8 heteroatoms. The number of carbonyl (C=O) groups is 1. The molecule has 0 spiro atoms. The normalized spacial score (nSPS) is 10.1. The maximum absolute atomic E-state index is 13.4. The maximum atomic E-state index is 13.4. The van der Waals surface area contributed by atoms with E-state index in [1.54, 1.807) is 0 Å². The van der Waals surface area contributed by atoms with Gasteiger partial charge in [-0.2, -0.15) is 0 Å². The van der Waals surface area contributed by atoms with Gasteiger partial charge in [-0.3, -0.25) is 15.6 Å². The lowest BCUT2D eigenvalue weighted by molar-refractivity contribution is -0.123. The van der Waals surface area contributed by atoms with E-state index in [-0.39, 0.29) is 10.9 Å². The molecule has 0 bridgehead atoms. The van der Waals surface area contributed by atoms with E-state index in [2.05, 4.69) is 16.2 Å². The number of amides is 1. The second kappa shape index (κ2) is 8.39. The first-order valence-corrected chi connectivity index (χ1v) is 7.77. The molecule has 0 fully saturated rings. The minimum absolute atomic E-state index is 0.190. The molecule has 0 aliphatic heterocycles. The average Bonchev–Trinajstić information content (AvgIpc) is 2.56. The summed E-state index contributed by atoms with van der Waals surface area (Å²) in [6.45, 7) is 3.47. The van der Waals surface area contributed by atoms with E-state index < -0.39 is 24.1 Å². The Kier molecular flexibility index (Phi) is 6.24. The zero-order valence-corrected chi connectivity index (χ0v) is 14.5. The molecule has 0 atom stereocenters. The second-order valence-electron chi connectivity index (χ2n) is 5.24. The summed E-state index contributed by atoms with van der Waals surface area (Å²) in [4.78, 5) is 11.7. The summed E-state index contributed by atoms with van der Waals surface area (Å²) in [5.74, 6) is -2.40. The third-order valence-electron chi connectivity index (χ3n) is 3.42. The zero-order chi connectivity index (χ0) is 18.4. The van der Waals surface area contributed by atoms with Crippen molar-refractivity contribution in [2.75, 3.05) is 11.9 Å². The number of thiocarbonyl (C=S) groups is 1. The molecule has 0 heterocycles. The van der Waals surface area contributed by atoms with Gasteiger partial charge in [0.05, 0.1) is 0 Å². The molecular weight excluding hydrogens is 348 g/mol. The van der Waals surface area contributed by atoms with E-state index in [1.165, 1.54) is 0 Å². The first-order chi connectivity index (χ1) is 11.9. The van der Waals surface area contributed by atoms with Crippen molar-refractivity contribution in [1.82, 2.24) is 10.9 Å². The van der Waals surface area contributed by atoms with Crippen LogP contribution in [0.15, 0.2) is 36.4 Å². The molecule has 132 valence electrons. The van der Waals surface area contributed by atoms with Gasteiger partial charge in [-0.25, -0.2) is 8.78 Å². The largest absolute Gasteiger partial charge is 0.481 e. The Labute approximate surface area is 149 Å². The fourth-order valence-electron chi connectivity index (χ4n) is 1.94. The average molecular weight is 365 g/mol. The third-order valence-corrected chi connectivity index (χ3v) is 3.63. The van der Waals surface area contributed by atoms with Gasteiger partial charge in [0.25, 0.3) is 5.91 Å². The van der Waals surface area contributed by atoms with Gasteiger partial charge in [-0.15, -0.1) is 0 Å². The summed E-state index contributed by atoms with van der Waals surface area (Å²) >= 11 is 5.09. The van der Waals surface area contributed by atoms with Crippen LogP contribution >= 0.6 is 12.2 Å². The number of nitrogens with one attached hydrogen (secondary N) is 3. The highest BCUT2D eigenvalue weighted by Gasteiger charge is 2.09. The molecule has 2 aromatic rings. The number of hydrogen-bond acceptors (Lipinski definition) is 3. The second-order valence-corrected chi connectivity index (χ2v) is 5.65. The van der Waals surface area contributed by atoms with Crippen molar-refractivity contribution in [3.8, 4) is 5.75 Å². The standard InChI is InChI=1S/C17H17F2N3O2S/c1-10-4-3-5-14(11(10)2)20-17(25)22-21-16(23)9-24-15-7-6-12(18)8-13(15)19/h3-8H,9H2,1-2H3,(H,21,23)(H2,20,22,25). The van der Waals surface area contributed by atoms with Gasteiger partial charge in [-0.05, 0) is 55.4 Å². The highest BCUT2D eigenvalue weighted by molar-refractivity contribution is 7.80. The van der Waals surface area contributed by atoms with Crippen molar-refractivity contribution in [3.05, 3.63) is 59.2 Å². The molecular formula is C17H17F2N3O2S. The molecule has 0 unspecified atom stereocenters. The van der Waals surface area contributed by atoms with Gasteiger partial charge in [0, 0.05) is 11.8 Å². The lowest BCUT2D eigenvalue weighted by Crippen LogP contribution is -2.45. The minimum atomic E-state index is -0.882. The van der Waals surface area contributed by atoms with Crippen molar-refractivity contribution in [3.63, 3.8) is 0 Å². The van der Waals surface area contributed by atoms with Gasteiger partial charge in [0.15, 0.2) is 23.3 Å². The molecule has 2 rings (SSSR count). The van der Waals surface area contributed by atoms with E-state index in [0.29, 0.717) is 6.07 Å². The summed E-state index contributed by atoms with van der Waals surface area (Å²) in [6.07, 6.45) is 0. The zero-order valence-electron chi connectivity index (χ0n) is 13.7. The van der Waals surface area contributed by atoms with Gasteiger partial charge < -0.3 is 10.1 Å². The number of carbonyl (C=O) groups excluding carboxylic acids is 1. The van der Waals surface area contributed by atoms with Crippen LogP contribution in [0.3, 0.4) is 0 Å². The van der Waals surface area contributed by atoms with Crippen molar-refractivity contribution in [2.45, 2.75) is 13.8 Å². The Morgan fingerprint density at radius 1 is 1.16 bits per heavy atom. The van der Waals surface area contributed by atoms with Crippen LogP contribution in [-0.4, -0.2) is 17.6 Å². The molecule has 0 aliphatic rings. The number of anilines is 1. The number of halogens is 2. The summed E-state index contributed by atoms with van der Waals surface area (Å²) < 4.78 is 31.1. The molecule has 2 aromatic carbocycles. The van der Waals surface area contributed by atoms with Crippen LogP contribution in [0.25, 0.3) is 0 Å². The van der Waals surface area contributed by atoms with Crippen LogP contribution < -0.4 is 20.9 Å². The highest BCUT2D eigenvalue weighted by Crippen LogP contribution is 2.18. The molecule has 0 saturated carbocycles. The third kappa shape index (κ3) is 5.39. The molecule has 0 aromatic heterocycles. The van der Waals surface area contributed by atoms with Crippen LogP contribution in [-0.2, 0) is 4.79 Å². The van der Waals surface area contributed by atoms with Gasteiger partial charge in [0.2, 0.25) is 0 Å². The number of hydrazine groups is 1. The Bertz CT molecular complexity index is 799. The highest BCUT2D eigenvalue weighted by atomic mass is 32.1. The van der Waals surface area contributed by atoms with Gasteiger partial charge in [-0.1, -0.05) is 12.1 Å². The van der Waals surface area contributed by atoms with E-state index in [4.69, 9.17) is 17.0 Å². The summed E-state index contributed by atoms with van der Waals surface area (Å²) in [7, 11) is 0. The number of aryl methyl sites for hydroxylation is 1. The van der Waals surface area contributed by atoms with E-state index in [0.717, 1.165) is 28.9 Å². The topological polar surface area (TPSA) is 62.4 Å². The molecule has 0 saturated heterocycles. The van der Waals surface area contributed by atoms with Crippen LogP contribution in [0.1, 0.15) is 11.1 Å². The Balaban J connectivity index is 1.79. The minimum Gasteiger partial charge on any atom is -0.481 e. The van der Waals surface area contributed by atoms with E-state index >= 15 is 0 Å². The summed E-state index contributed by atoms with van der Waals surface area (Å²) in [5.41, 5.74) is 7.80. The predicted octanol–water partition coefficient (Wildman–Crippen LogP) is 2.98. The van der Waals surface area contributed by atoms with Crippen LogP contribution in [0.4, 0.5) is 14.5 Å². The molecule has 1 amide bonds. The summed E-state index contributed by atoms with van der Waals surface area (Å²) in [5, 5.41) is 3.15. The maximum Gasteiger partial charge on any atom is 0.276 e. The van der Waals surface area contributed by atoms with Crippen LogP contribution in [0, 0.1) is 25.5 Å². The molecule has 0 aliphatic carbocycles. The van der Waals surface area contributed by atoms with Gasteiger partial charge >= 0.3 is 0 Å². The summed E-state index contributed by atoms with van der Waals surface area (Å²) in [6, 6.07) is 8.55. The molecule has 5 nitrogen and oxygen atoms in total. The van der Waals surface area contributed by atoms with Crippen molar-refractivity contribution >= 4 is 28.9 Å². The molecule has 25 heavy (non-hydrogen) atoms. The lowest BCUT2D eigenvalue weighted by Gasteiger charge is -2.14. The van der Waals surface area contributed by atoms with Crippen molar-refractivity contribution in [2.24, 2.45) is 0 Å². The van der Waals surface area contributed by atoms with E-state index in [1.807, 2.05) is 32.0 Å². The SMILES string of the molecule is Cc1cccc(NC(=S)NNC(=O)COc2ccc(F)cc2F)c1C. The van der Waals surface area contributed by atoms with Crippen LogP contribution in [0.2, 0.25) is 0 Å². The monoisotopic (exact) mass is 365 g/mol. The first kappa shape index (κ1) is 18.6. The Morgan fingerprint density at radius 2 is 1.92 bits per heavy atom. The predicted molar refractivity (Wildman–Crippen MR) is 95.3 cm³/mol. The fourth-order valence-corrected chi connectivity index (χ4v) is 2.10. The van der Waals surface area contributed by atoms with Crippen molar-refractivity contribution in [1.29, 1.82) is 0 Å². The Morgan fingerprint density at radius 3 is 2.64 bits per heavy atom. The Hall–Kier alpha value is -2.74. The fraction of sp³-hybridized carbons (Fsp3) is 0.176. The van der Waals surface area contributed by atoms with Crippen molar-refractivity contribution < 1.29 is 18.3 Å². The molecule has 3 N–H and O–H groups in total. The lowest BCUT2D eigenvalue weighted by atomic mass is 10.1. The van der Waals surface area contributed by atoms with Crippen LogP contribution in [0.5, 0.6) is 5.75 Å². The quantitative estimate of drug-likeness (QED) is 0.574. The number of ether oxygens (including phenoxy) is 1. The smallest absolute Gasteiger partial charge is 0.276 e. The number of rotatable bonds is 4. The first-order valence-electron chi connectivity index (χ1n) is 7.36. The van der Waals surface area contributed by atoms with Gasteiger partial charge in [0.1, 0.15) is 5.82 Å². The van der Waals surface area contributed by atoms with E-state index in [9.17, 15) is 13.6 Å².